The molecule has 0 spiro atoms. The number of aliphatic hydroxyl groups excluding tert-OH is 1. The minimum Gasteiger partial charge on any atom is -0.479 e. The zero-order valence-electron chi connectivity index (χ0n) is 7.49. The second kappa shape index (κ2) is 4.53. The van der Waals surface area contributed by atoms with Crippen molar-refractivity contribution in [2.75, 3.05) is 0 Å². The molecule has 1 unspecified atom stereocenters. The monoisotopic (exact) mass is 347 g/mol. The van der Waals surface area contributed by atoms with E-state index in [-0.39, 0.29) is 9.26 Å². The Morgan fingerprint density at radius 3 is 2.44 bits per heavy atom. The van der Waals surface area contributed by atoms with Crippen molar-refractivity contribution >= 4 is 28.6 Å². The lowest BCUT2D eigenvalue weighted by atomic mass is 10.2. The van der Waals surface area contributed by atoms with Crippen molar-refractivity contribution in [2.45, 2.75) is 12.3 Å². The first-order valence-corrected chi connectivity index (χ1v) is 4.95. The number of carbonyl (C=O) groups is 1. The van der Waals surface area contributed by atoms with E-state index in [1.165, 1.54) is 22.6 Å². The van der Waals surface area contributed by atoms with Crippen LogP contribution in [0, 0.1) is 3.57 Å². The molecule has 0 aromatic carbocycles. The van der Waals surface area contributed by atoms with Gasteiger partial charge in [0.1, 0.15) is 0 Å². The molecule has 0 radical (unpaired) electrons. The predicted molar refractivity (Wildman–Crippen MR) is 54.6 cm³/mol. The van der Waals surface area contributed by atoms with Gasteiger partial charge in [-0.15, -0.1) is 0 Å². The molecule has 8 heteroatoms. The fraction of sp³-hybridized carbons (Fsp3) is 0.250. The van der Waals surface area contributed by atoms with Crippen molar-refractivity contribution in [1.29, 1.82) is 0 Å². The van der Waals surface area contributed by atoms with Crippen LogP contribution in [-0.2, 0) is 11.0 Å². The molecule has 16 heavy (non-hydrogen) atoms. The summed E-state index contributed by atoms with van der Waals surface area (Å²) in [7, 11) is 0. The first-order chi connectivity index (χ1) is 7.23. The minimum atomic E-state index is -4.55. The van der Waals surface area contributed by atoms with Crippen LogP contribution in [0.2, 0.25) is 0 Å². The van der Waals surface area contributed by atoms with E-state index in [1.807, 2.05) is 0 Å². The van der Waals surface area contributed by atoms with Gasteiger partial charge in [-0.25, -0.2) is 4.79 Å². The molecule has 0 saturated heterocycles. The van der Waals surface area contributed by atoms with Crippen molar-refractivity contribution in [3.63, 3.8) is 0 Å². The Labute approximate surface area is 101 Å². The van der Waals surface area contributed by atoms with Crippen LogP contribution in [-0.4, -0.2) is 21.2 Å². The molecule has 88 valence electrons. The van der Waals surface area contributed by atoms with Crippen LogP contribution < -0.4 is 0 Å². The highest BCUT2D eigenvalue weighted by atomic mass is 127. The number of aliphatic carboxylic acids is 1. The third kappa shape index (κ3) is 2.82. The molecule has 1 heterocycles. The number of pyridine rings is 1. The third-order valence-electron chi connectivity index (χ3n) is 1.69. The van der Waals surface area contributed by atoms with E-state index in [4.69, 9.17) is 10.2 Å². The molecule has 0 aliphatic rings. The number of carboxylic acids is 1. The summed E-state index contributed by atoms with van der Waals surface area (Å²) in [4.78, 5) is 13.6. The van der Waals surface area contributed by atoms with E-state index in [1.54, 1.807) is 0 Å². The number of aliphatic hydroxyl groups is 1. The van der Waals surface area contributed by atoms with Crippen LogP contribution in [0.15, 0.2) is 12.3 Å². The molecule has 4 nitrogen and oxygen atoms in total. The standard InChI is InChI=1S/C8H5F3INO3/c9-8(10,11)3-2-13-5(1-4(3)12)6(14)7(15)16/h1-2,6,14H,(H,15,16). The summed E-state index contributed by atoms with van der Waals surface area (Å²) >= 11 is 1.40. The van der Waals surface area contributed by atoms with E-state index in [0.29, 0.717) is 6.20 Å². The highest BCUT2D eigenvalue weighted by Gasteiger charge is 2.34. The highest BCUT2D eigenvalue weighted by Crippen LogP contribution is 2.32. The normalized spacial score (nSPS) is 13.6. The van der Waals surface area contributed by atoms with Crippen LogP contribution in [0.5, 0.6) is 0 Å². The predicted octanol–water partition coefficient (Wildman–Crippen LogP) is 1.82. The van der Waals surface area contributed by atoms with Crippen molar-refractivity contribution in [1.82, 2.24) is 4.98 Å². The van der Waals surface area contributed by atoms with Gasteiger partial charge in [-0.2, -0.15) is 13.2 Å². The molecular formula is C8H5F3INO3. The lowest BCUT2D eigenvalue weighted by Gasteiger charge is -2.11. The number of halogens is 4. The van der Waals surface area contributed by atoms with Crippen LogP contribution in [0.1, 0.15) is 17.4 Å². The Morgan fingerprint density at radius 2 is 2.06 bits per heavy atom. The van der Waals surface area contributed by atoms with Gasteiger partial charge < -0.3 is 10.2 Å². The van der Waals surface area contributed by atoms with Gasteiger partial charge in [-0.3, -0.25) is 4.98 Å². The van der Waals surface area contributed by atoms with E-state index in [9.17, 15) is 18.0 Å². The van der Waals surface area contributed by atoms with Gasteiger partial charge in [0.15, 0.2) is 6.10 Å². The topological polar surface area (TPSA) is 70.4 Å². The molecule has 1 aromatic rings. The zero-order valence-corrected chi connectivity index (χ0v) is 9.65. The van der Waals surface area contributed by atoms with E-state index in [2.05, 4.69) is 4.98 Å². The van der Waals surface area contributed by atoms with Crippen LogP contribution in [0.25, 0.3) is 0 Å². The molecule has 0 amide bonds. The van der Waals surface area contributed by atoms with Gasteiger partial charge in [0.2, 0.25) is 0 Å². The summed E-state index contributed by atoms with van der Waals surface area (Å²) < 4.78 is 36.7. The molecule has 0 bridgehead atoms. The number of alkyl halides is 3. The SMILES string of the molecule is O=C(O)C(O)c1cc(I)c(C(F)(F)F)cn1. The van der Waals surface area contributed by atoms with Gasteiger partial charge in [0, 0.05) is 9.77 Å². The summed E-state index contributed by atoms with van der Waals surface area (Å²) in [5.41, 5.74) is -1.29. The van der Waals surface area contributed by atoms with Crippen LogP contribution >= 0.6 is 22.6 Å². The maximum Gasteiger partial charge on any atom is 0.418 e. The molecule has 0 aliphatic carbocycles. The second-order valence-corrected chi connectivity index (χ2v) is 3.99. The van der Waals surface area contributed by atoms with Crippen molar-refractivity contribution < 1.29 is 28.2 Å². The molecular weight excluding hydrogens is 342 g/mol. The van der Waals surface area contributed by atoms with Gasteiger partial charge in [0.05, 0.1) is 11.3 Å². The maximum atomic E-state index is 12.3. The molecule has 0 fully saturated rings. The first-order valence-electron chi connectivity index (χ1n) is 3.87. The lowest BCUT2D eigenvalue weighted by Crippen LogP contribution is -2.15. The van der Waals surface area contributed by atoms with Gasteiger partial charge in [0.25, 0.3) is 0 Å². The Bertz CT molecular complexity index is 421. The summed E-state index contributed by atoms with van der Waals surface area (Å²) in [5, 5.41) is 17.5. The Morgan fingerprint density at radius 1 is 1.50 bits per heavy atom. The zero-order chi connectivity index (χ0) is 12.5. The summed E-state index contributed by atoms with van der Waals surface area (Å²) in [6.07, 6.45) is -5.96. The largest absolute Gasteiger partial charge is 0.479 e. The Balaban J connectivity index is 3.14. The summed E-state index contributed by atoms with van der Waals surface area (Å²) in [6.45, 7) is 0. The number of aromatic nitrogens is 1. The fourth-order valence-electron chi connectivity index (χ4n) is 0.930. The number of rotatable bonds is 2. The fourth-order valence-corrected chi connectivity index (χ4v) is 1.69. The summed E-state index contributed by atoms with van der Waals surface area (Å²) in [6, 6.07) is 0.891. The van der Waals surface area contributed by atoms with E-state index in [0.717, 1.165) is 6.07 Å². The molecule has 0 aliphatic heterocycles. The van der Waals surface area contributed by atoms with Crippen molar-refractivity contribution in [3.05, 3.63) is 27.1 Å². The van der Waals surface area contributed by atoms with Crippen LogP contribution in [0.4, 0.5) is 13.2 Å². The maximum absolute atomic E-state index is 12.3. The Kier molecular flexibility index (Phi) is 3.73. The molecule has 1 atom stereocenters. The van der Waals surface area contributed by atoms with Gasteiger partial charge >= 0.3 is 12.1 Å². The average Bonchev–Trinajstić information content (AvgIpc) is 2.14. The third-order valence-corrected chi connectivity index (χ3v) is 2.59. The lowest BCUT2D eigenvalue weighted by molar-refractivity contribution is -0.147. The number of hydrogen-bond donors (Lipinski definition) is 2. The minimum absolute atomic E-state index is 0.213. The first kappa shape index (κ1) is 13.2. The number of nitrogens with zero attached hydrogens (tertiary/aromatic N) is 1. The van der Waals surface area contributed by atoms with E-state index >= 15 is 0 Å². The average molecular weight is 347 g/mol. The Hall–Kier alpha value is -0.900. The highest BCUT2D eigenvalue weighted by molar-refractivity contribution is 14.1. The van der Waals surface area contributed by atoms with Gasteiger partial charge in [-0.05, 0) is 28.7 Å². The van der Waals surface area contributed by atoms with Crippen molar-refractivity contribution in [2.24, 2.45) is 0 Å². The molecule has 2 N–H and O–H groups in total. The van der Waals surface area contributed by atoms with Crippen molar-refractivity contribution in [3.8, 4) is 0 Å². The van der Waals surface area contributed by atoms with Gasteiger partial charge in [-0.1, -0.05) is 0 Å². The number of carboxylic acid groups (broad SMARTS) is 1. The smallest absolute Gasteiger partial charge is 0.418 e. The van der Waals surface area contributed by atoms with Crippen LogP contribution in [0.3, 0.4) is 0 Å². The summed E-state index contributed by atoms with van der Waals surface area (Å²) in [5.74, 6) is -1.57. The second-order valence-electron chi connectivity index (χ2n) is 2.83. The van der Waals surface area contributed by atoms with E-state index < -0.39 is 23.8 Å². The molecule has 1 rings (SSSR count). The number of hydrogen-bond acceptors (Lipinski definition) is 3. The quantitative estimate of drug-likeness (QED) is 0.801. The molecule has 0 saturated carbocycles. The molecule has 1 aromatic heterocycles.